The summed E-state index contributed by atoms with van der Waals surface area (Å²) in [5.74, 6) is -0.0872. The Labute approximate surface area is 124 Å². The number of carboxylic acids is 1. The second-order valence-corrected chi connectivity index (χ2v) is 5.92. The Kier molecular flexibility index (Phi) is 6.58. The second-order valence-electron chi connectivity index (χ2n) is 4.81. The first-order valence-corrected chi connectivity index (χ1v) is 7.77. The number of aryl methyl sites for hydroxylation is 2. The number of rotatable bonds is 7. The number of hydrogen-bond donors (Lipinski definition) is 2. The van der Waals surface area contributed by atoms with E-state index in [0.29, 0.717) is 11.3 Å². The molecule has 1 unspecified atom stereocenters. The molecule has 0 saturated carbocycles. The number of amides is 1. The first-order valence-electron chi connectivity index (χ1n) is 6.62. The summed E-state index contributed by atoms with van der Waals surface area (Å²) < 4.78 is 0. The van der Waals surface area contributed by atoms with Crippen LogP contribution >= 0.6 is 11.8 Å². The highest BCUT2D eigenvalue weighted by molar-refractivity contribution is 7.99. The minimum atomic E-state index is -1.04. The standard InChI is InChI=1S/C15H21NO3S/c1-4-5-20-9-13(17)16-14(15(18)19)12-7-10(2)6-11(3)8-12/h6-8,14H,4-5,9H2,1-3H3,(H,16,17)(H,18,19). The Morgan fingerprint density at radius 2 is 1.85 bits per heavy atom. The molecular weight excluding hydrogens is 274 g/mol. The van der Waals surface area contributed by atoms with Crippen LogP contribution in [0.15, 0.2) is 18.2 Å². The lowest BCUT2D eigenvalue weighted by molar-refractivity contribution is -0.141. The molecule has 1 aromatic carbocycles. The number of hydrogen-bond acceptors (Lipinski definition) is 3. The van der Waals surface area contributed by atoms with Crippen LogP contribution < -0.4 is 5.32 Å². The molecule has 0 aliphatic rings. The molecule has 0 radical (unpaired) electrons. The number of carboxylic acid groups (broad SMARTS) is 1. The Bertz CT molecular complexity index is 468. The Morgan fingerprint density at radius 1 is 1.25 bits per heavy atom. The average molecular weight is 295 g/mol. The van der Waals surface area contributed by atoms with E-state index in [0.717, 1.165) is 23.3 Å². The number of aliphatic carboxylic acids is 1. The molecule has 1 aromatic rings. The summed E-state index contributed by atoms with van der Waals surface area (Å²) in [5.41, 5.74) is 2.59. The lowest BCUT2D eigenvalue weighted by Gasteiger charge is -2.16. The van der Waals surface area contributed by atoms with E-state index in [4.69, 9.17) is 0 Å². The van der Waals surface area contributed by atoms with Crippen LogP contribution in [0.5, 0.6) is 0 Å². The van der Waals surface area contributed by atoms with Gasteiger partial charge in [0.25, 0.3) is 0 Å². The first-order chi connectivity index (χ1) is 9.43. The topological polar surface area (TPSA) is 66.4 Å². The van der Waals surface area contributed by atoms with Crippen molar-refractivity contribution in [2.45, 2.75) is 33.2 Å². The molecule has 0 saturated heterocycles. The van der Waals surface area contributed by atoms with Crippen LogP contribution in [0.25, 0.3) is 0 Å². The predicted octanol–water partition coefficient (Wildman–Crippen LogP) is 2.69. The average Bonchev–Trinajstić information content (AvgIpc) is 2.34. The molecule has 0 aromatic heterocycles. The van der Waals surface area contributed by atoms with Crippen molar-refractivity contribution >= 4 is 23.6 Å². The number of nitrogens with one attached hydrogen (secondary N) is 1. The van der Waals surface area contributed by atoms with E-state index in [1.54, 1.807) is 12.1 Å². The molecule has 20 heavy (non-hydrogen) atoms. The molecule has 1 amide bonds. The van der Waals surface area contributed by atoms with Crippen LogP contribution in [0, 0.1) is 13.8 Å². The van der Waals surface area contributed by atoms with Crippen molar-refractivity contribution in [3.63, 3.8) is 0 Å². The van der Waals surface area contributed by atoms with E-state index in [2.05, 4.69) is 5.32 Å². The minimum Gasteiger partial charge on any atom is -0.479 e. The van der Waals surface area contributed by atoms with Gasteiger partial charge in [0.1, 0.15) is 0 Å². The van der Waals surface area contributed by atoms with Gasteiger partial charge in [-0.3, -0.25) is 4.79 Å². The summed E-state index contributed by atoms with van der Waals surface area (Å²) in [6, 6.07) is 4.58. The second kappa shape index (κ2) is 7.94. The quantitative estimate of drug-likeness (QED) is 0.759. The van der Waals surface area contributed by atoms with Crippen molar-refractivity contribution in [1.82, 2.24) is 5.32 Å². The summed E-state index contributed by atoms with van der Waals surface area (Å²) in [5, 5.41) is 11.9. The van der Waals surface area contributed by atoms with E-state index in [9.17, 15) is 14.7 Å². The minimum absolute atomic E-state index is 0.241. The van der Waals surface area contributed by atoms with E-state index in [-0.39, 0.29) is 5.91 Å². The van der Waals surface area contributed by atoms with Crippen molar-refractivity contribution in [2.75, 3.05) is 11.5 Å². The van der Waals surface area contributed by atoms with Gasteiger partial charge in [0.05, 0.1) is 5.75 Å². The summed E-state index contributed by atoms with van der Waals surface area (Å²) >= 11 is 1.51. The molecule has 0 aliphatic heterocycles. The van der Waals surface area contributed by atoms with Crippen molar-refractivity contribution in [3.8, 4) is 0 Å². The number of carbonyl (C=O) groups excluding carboxylic acids is 1. The zero-order chi connectivity index (χ0) is 15.1. The summed E-state index contributed by atoms with van der Waals surface area (Å²) in [7, 11) is 0. The van der Waals surface area contributed by atoms with E-state index < -0.39 is 12.0 Å². The van der Waals surface area contributed by atoms with Gasteiger partial charge in [-0.1, -0.05) is 36.2 Å². The molecule has 4 nitrogen and oxygen atoms in total. The third-order valence-electron chi connectivity index (χ3n) is 2.71. The normalized spacial score (nSPS) is 11.9. The van der Waals surface area contributed by atoms with Crippen LogP contribution in [0.3, 0.4) is 0 Å². The van der Waals surface area contributed by atoms with E-state index >= 15 is 0 Å². The third-order valence-corrected chi connectivity index (χ3v) is 3.87. The van der Waals surface area contributed by atoms with Crippen molar-refractivity contribution < 1.29 is 14.7 Å². The van der Waals surface area contributed by atoms with Crippen molar-refractivity contribution in [1.29, 1.82) is 0 Å². The monoisotopic (exact) mass is 295 g/mol. The molecule has 0 aliphatic carbocycles. The lowest BCUT2D eigenvalue weighted by Crippen LogP contribution is -2.35. The van der Waals surface area contributed by atoms with Gasteiger partial charge in [0.15, 0.2) is 6.04 Å². The molecule has 0 heterocycles. The molecule has 2 N–H and O–H groups in total. The molecule has 0 fully saturated rings. The zero-order valence-electron chi connectivity index (χ0n) is 12.1. The zero-order valence-corrected chi connectivity index (χ0v) is 12.9. The van der Waals surface area contributed by atoms with Crippen LogP contribution in [-0.4, -0.2) is 28.5 Å². The van der Waals surface area contributed by atoms with E-state index in [1.807, 2.05) is 26.8 Å². The number of thioether (sulfide) groups is 1. The van der Waals surface area contributed by atoms with Gasteiger partial charge >= 0.3 is 5.97 Å². The summed E-state index contributed by atoms with van der Waals surface area (Å²) in [6.07, 6.45) is 0.997. The summed E-state index contributed by atoms with van der Waals surface area (Å²) in [6.45, 7) is 5.86. The van der Waals surface area contributed by atoms with Crippen LogP contribution in [0.2, 0.25) is 0 Å². The van der Waals surface area contributed by atoms with E-state index in [1.165, 1.54) is 11.8 Å². The molecule has 110 valence electrons. The Hall–Kier alpha value is -1.49. The summed E-state index contributed by atoms with van der Waals surface area (Å²) in [4.78, 5) is 23.1. The molecular formula is C15H21NO3S. The fraction of sp³-hybridized carbons (Fsp3) is 0.467. The SMILES string of the molecule is CCCSCC(=O)NC(C(=O)O)c1cc(C)cc(C)c1. The number of carbonyl (C=O) groups is 2. The van der Waals surface area contributed by atoms with Gasteiger partial charge < -0.3 is 10.4 Å². The third kappa shape index (κ3) is 5.25. The Morgan fingerprint density at radius 3 is 2.35 bits per heavy atom. The van der Waals surface area contributed by atoms with Gasteiger partial charge in [-0.2, -0.15) is 11.8 Å². The van der Waals surface area contributed by atoms with Crippen LogP contribution in [0.4, 0.5) is 0 Å². The highest BCUT2D eigenvalue weighted by atomic mass is 32.2. The maximum absolute atomic E-state index is 11.8. The molecule has 5 heteroatoms. The first kappa shape index (κ1) is 16.6. The highest BCUT2D eigenvalue weighted by Crippen LogP contribution is 2.18. The number of benzene rings is 1. The van der Waals surface area contributed by atoms with Crippen molar-refractivity contribution in [2.24, 2.45) is 0 Å². The van der Waals surface area contributed by atoms with Gasteiger partial charge in [-0.15, -0.1) is 0 Å². The molecule has 0 spiro atoms. The Balaban J connectivity index is 2.79. The van der Waals surface area contributed by atoms with Crippen LogP contribution in [-0.2, 0) is 9.59 Å². The molecule has 1 rings (SSSR count). The van der Waals surface area contributed by atoms with Crippen LogP contribution in [0.1, 0.15) is 36.1 Å². The van der Waals surface area contributed by atoms with Gasteiger partial charge in [-0.25, -0.2) is 4.79 Å². The van der Waals surface area contributed by atoms with Gasteiger partial charge in [-0.05, 0) is 31.6 Å². The van der Waals surface area contributed by atoms with Gasteiger partial charge in [0, 0.05) is 0 Å². The van der Waals surface area contributed by atoms with Gasteiger partial charge in [0.2, 0.25) is 5.91 Å². The molecule has 0 bridgehead atoms. The fourth-order valence-electron chi connectivity index (χ4n) is 1.98. The maximum Gasteiger partial charge on any atom is 0.330 e. The van der Waals surface area contributed by atoms with Crippen molar-refractivity contribution in [3.05, 3.63) is 34.9 Å². The lowest BCUT2D eigenvalue weighted by atomic mass is 10.0. The smallest absolute Gasteiger partial charge is 0.330 e. The highest BCUT2D eigenvalue weighted by Gasteiger charge is 2.22. The largest absolute Gasteiger partial charge is 0.479 e. The predicted molar refractivity (Wildman–Crippen MR) is 82.1 cm³/mol. The molecule has 1 atom stereocenters. The fourth-order valence-corrected chi connectivity index (χ4v) is 2.68. The maximum atomic E-state index is 11.8.